The second-order valence-corrected chi connectivity index (χ2v) is 8.68. The summed E-state index contributed by atoms with van der Waals surface area (Å²) in [7, 11) is -3.83. The first-order valence-electron chi connectivity index (χ1n) is 8.96. The number of hydrogen-bond acceptors (Lipinski definition) is 5. The van der Waals surface area contributed by atoms with Crippen LogP contribution < -0.4 is 10.1 Å². The van der Waals surface area contributed by atoms with E-state index in [0.29, 0.717) is 32.7 Å². The van der Waals surface area contributed by atoms with E-state index in [1.165, 1.54) is 28.6 Å². The van der Waals surface area contributed by atoms with Gasteiger partial charge in [0.2, 0.25) is 10.0 Å². The molecule has 0 saturated carbocycles. The number of nitrogens with zero attached hydrogens (tertiary/aromatic N) is 2. The third-order valence-electron chi connectivity index (χ3n) is 5.07. The molecule has 0 aromatic heterocycles. The molecule has 1 saturated heterocycles. The third kappa shape index (κ3) is 3.40. The number of benzene rings is 2. The van der Waals surface area contributed by atoms with Gasteiger partial charge in [-0.05, 0) is 30.7 Å². The van der Waals surface area contributed by atoms with Crippen molar-refractivity contribution in [2.75, 3.05) is 38.0 Å². The van der Waals surface area contributed by atoms with Gasteiger partial charge in [-0.1, -0.05) is 24.3 Å². The highest BCUT2D eigenvalue weighted by Gasteiger charge is 2.34. The topological polar surface area (TPSA) is 61.9 Å². The van der Waals surface area contributed by atoms with Crippen LogP contribution in [0.4, 0.5) is 10.1 Å². The van der Waals surface area contributed by atoms with Gasteiger partial charge in [0.15, 0.2) is 6.23 Å². The number of anilines is 1. The van der Waals surface area contributed by atoms with E-state index in [4.69, 9.17) is 4.74 Å². The molecule has 0 amide bonds. The molecule has 2 heterocycles. The summed E-state index contributed by atoms with van der Waals surface area (Å²) < 4.78 is 46.9. The number of halogens is 1. The lowest BCUT2D eigenvalue weighted by Crippen LogP contribution is -2.56. The standard InChI is InChI=1S/C19H22FN3O3S/c1-14-5-4-7-16-19(14)26-18(13-21-16)22-9-11-23(12-10-22)27(24,25)17-8-3-2-6-15(17)20/h2-8,18,21H,9-13H2,1H3. The number of hydrogen-bond donors (Lipinski definition) is 1. The molecule has 6 nitrogen and oxygen atoms in total. The minimum absolute atomic E-state index is 0.156. The Morgan fingerprint density at radius 3 is 2.56 bits per heavy atom. The predicted molar refractivity (Wildman–Crippen MR) is 101 cm³/mol. The Labute approximate surface area is 158 Å². The number of piperazine rings is 1. The van der Waals surface area contributed by atoms with Crippen molar-refractivity contribution in [1.29, 1.82) is 0 Å². The summed E-state index contributed by atoms with van der Waals surface area (Å²) >= 11 is 0. The van der Waals surface area contributed by atoms with E-state index >= 15 is 0 Å². The van der Waals surface area contributed by atoms with Gasteiger partial charge in [0.1, 0.15) is 16.5 Å². The number of rotatable bonds is 3. The summed E-state index contributed by atoms with van der Waals surface area (Å²) in [4.78, 5) is 1.86. The van der Waals surface area contributed by atoms with Gasteiger partial charge in [-0.15, -0.1) is 0 Å². The molecule has 1 atom stereocenters. The normalized spacial score (nSPS) is 21.2. The molecule has 2 aliphatic rings. The lowest BCUT2D eigenvalue weighted by Gasteiger charge is -2.40. The number of para-hydroxylation sites is 1. The number of ether oxygens (including phenoxy) is 1. The van der Waals surface area contributed by atoms with E-state index in [-0.39, 0.29) is 11.1 Å². The second-order valence-electron chi connectivity index (χ2n) is 6.78. The molecule has 1 unspecified atom stereocenters. The molecular formula is C19H22FN3O3S. The maximum absolute atomic E-state index is 13.9. The van der Waals surface area contributed by atoms with Gasteiger partial charge < -0.3 is 10.1 Å². The predicted octanol–water partition coefficient (Wildman–Crippen LogP) is 2.27. The molecule has 0 bridgehead atoms. The van der Waals surface area contributed by atoms with Crippen molar-refractivity contribution in [2.45, 2.75) is 18.0 Å². The number of nitrogens with one attached hydrogen (secondary N) is 1. The van der Waals surface area contributed by atoms with Gasteiger partial charge in [0, 0.05) is 26.2 Å². The van der Waals surface area contributed by atoms with Gasteiger partial charge in [-0.25, -0.2) is 12.8 Å². The number of fused-ring (bicyclic) bond motifs is 1. The molecule has 144 valence electrons. The van der Waals surface area contributed by atoms with E-state index in [2.05, 4.69) is 10.2 Å². The second kappa shape index (κ2) is 7.10. The lowest BCUT2D eigenvalue weighted by atomic mass is 10.1. The molecule has 0 spiro atoms. The quantitative estimate of drug-likeness (QED) is 0.870. The molecule has 2 aliphatic heterocycles. The summed E-state index contributed by atoms with van der Waals surface area (Å²) in [6.45, 7) is 4.30. The van der Waals surface area contributed by atoms with E-state index in [0.717, 1.165) is 17.0 Å². The molecule has 2 aromatic rings. The largest absolute Gasteiger partial charge is 0.471 e. The first-order chi connectivity index (χ1) is 13.0. The van der Waals surface area contributed by atoms with Crippen molar-refractivity contribution < 1.29 is 17.5 Å². The van der Waals surface area contributed by atoms with E-state index in [1.807, 2.05) is 25.1 Å². The van der Waals surface area contributed by atoms with Crippen LogP contribution in [0.15, 0.2) is 47.4 Å². The van der Waals surface area contributed by atoms with Crippen LogP contribution in [0.5, 0.6) is 5.75 Å². The van der Waals surface area contributed by atoms with Crippen LogP contribution in [0.1, 0.15) is 5.56 Å². The van der Waals surface area contributed by atoms with Crippen molar-refractivity contribution in [3.63, 3.8) is 0 Å². The Kier molecular flexibility index (Phi) is 4.79. The summed E-state index contributed by atoms with van der Waals surface area (Å²) in [6.07, 6.45) is -0.156. The molecule has 8 heteroatoms. The highest BCUT2D eigenvalue weighted by molar-refractivity contribution is 7.89. The summed E-state index contributed by atoms with van der Waals surface area (Å²) in [5, 5.41) is 3.38. The molecule has 1 N–H and O–H groups in total. The van der Waals surface area contributed by atoms with Crippen LogP contribution in [0.25, 0.3) is 0 Å². The molecule has 4 rings (SSSR count). The highest BCUT2D eigenvalue weighted by Crippen LogP contribution is 2.33. The maximum Gasteiger partial charge on any atom is 0.246 e. The van der Waals surface area contributed by atoms with Crippen LogP contribution in [-0.2, 0) is 10.0 Å². The zero-order valence-corrected chi connectivity index (χ0v) is 15.9. The van der Waals surface area contributed by atoms with Gasteiger partial charge in [-0.2, -0.15) is 4.31 Å². The Bertz CT molecular complexity index is 943. The van der Waals surface area contributed by atoms with Gasteiger partial charge in [-0.3, -0.25) is 4.90 Å². The SMILES string of the molecule is Cc1cccc2c1OC(N1CCN(S(=O)(=O)c3ccccc3F)CC1)CN2. The van der Waals surface area contributed by atoms with Crippen LogP contribution >= 0.6 is 0 Å². The van der Waals surface area contributed by atoms with Crippen molar-refractivity contribution in [3.05, 3.63) is 53.8 Å². The first-order valence-corrected chi connectivity index (χ1v) is 10.4. The van der Waals surface area contributed by atoms with Crippen molar-refractivity contribution in [3.8, 4) is 5.75 Å². The lowest BCUT2D eigenvalue weighted by molar-refractivity contribution is 0.00992. The van der Waals surface area contributed by atoms with E-state index in [1.54, 1.807) is 0 Å². The molecular weight excluding hydrogens is 369 g/mol. The third-order valence-corrected chi connectivity index (χ3v) is 7.00. The van der Waals surface area contributed by atoms with Crippen LogP contribution in [0, 0.1) is 12.7 Å². The van der Waals surface area contributed by atoms with Crippen LogP contribution in [0.2, 0.25) is 0 Å². The van der Waals surface area contributed by atoms with E-state index in [9.17, 15) is 12.8 Å². The Morgan fingerprint density at radius 1 is 1.07 bits per heavy atom. The zero-order valence-electron chi connectivity index (χ0n) is 15.1. The molecule has 0 radical (unpaired) electrons. The van der Waals surface area contributed by atoms with Crippen LogP contribution in [-0.4, -0.2) is 56.6 Å². The monoisotopic (exact) mass is 391 g/mol. The van der Waals surface area contributed by atoms with Gasteiger partial charge >= 0.3 is 0 Å². The summed E-state index contributed by atoms with van der Waals surface area (Å²) in [5.41, 5.74) is 2.04. The fraction of sp³-hybridized carbons (Fsp3) is 0.368. The average molecular weight is 391 g/mol. The van der Waals surface area contributed by atoms with Gasteiger partial charge in [0.25, 0.3) is 0 Å². The van der Waals surface area contributed by atoms with E-state index < -0.39 is 15.8 Å². The molecule has 27 heavy (non-hydrogen) atoms. The highest BCUT2D eigenvalue weighted by atomic mass is 32.2. The zero-order chi connectivity index (χ0) is 19.0. The van der Waals surface area contributed by atoms with Crippen molar-refractivity contribution >= 4 is 15.7 Å². The van der Waals surface area contributed by atoms with Crippen molar-refractivity contribution in [1.82, 2.24) is 9.21 Å². The Balaban J connectivity index is 1.44. The fourth-order valence-electron chi connectivity index (χ4n) is 3.55. The maximum atomic E-state index is 13.9. The molecule has 0 aliphatic carbocycles. The van der Waals surface area contributed by atoms with Crippen molar-refractivity contribution in [2.24, 2.45) is 0 Å². The molecule has 1 fully saturated rings. The Hall–Kier alpha value is -2.16. The first kappa shape index (κ1) is 18.2. The van der Waals surface area contributed by atoms with Gasteiger partial charge in [0.05, 0.1) is 12.2 Å². The van der Waals surface area contributed by atoms with Crippen LogP contribution in [0.3, 0.4) is 0 Å². The summed E-state index contributed by atoms with van der Waals surface area (Å²) in [5.74, 6) is 0.127. The number of aryl methyl sites for hydroxylation is 1. The molecule has 2 aromatic carbocycles. The number of sulfonamides is 1. The Morgan fingerprint density at radius 2 is 1.81 bits per heavy atom. The minimum atomic E-state index is -3.83. The fourth-order valence-corrected chi connectivity index (χ4v) is 5.04. The average Bonchev–Trinajstić information content (AvgIpc) is 2.68. The smallest absolute Gasteiger partial charge is 0.246 e. The minimum Gasteiger partial charge on any atom is -0.471 e. The summed E-state index contributed by atoms with van der Waals surface area (Å²) in [6, 6.07) is 11.5.